The molecule has 0 N–H and O–H groups in total. The maximum atomic E-state index is 10.2. The fraction of sp³-hybridized carbons (Fsp3) is 0.143. The van der Waals surface area contributed by atoms with Crippen LogP contribution in [0.2, 0.25) is 0 Å². The highest BCUT2D eigenvalue weighted by Crippen LogP contribution is 1.96. The summed E-state index contributed by atoms with van der Waals surface area (Å²) >= 11 is 0. The molecule has 52 valence electrons. The zero-order chi connectivity index (χ0) is 7.40. The highest BCUT2D eigenvalue weighted by atomic mass is 16.1. The van der Waals surface area contributed by atoms with Crippen LogP contribution in [0.15, 0.2) is 18.3 Å². The third kappa shape index (κ3) is 1.13. The summed E-state index contributed by atoms with van der Waals surface area (Å²) in [7, 11) is 0. The van der Waals surface area contributed by atoms with E-state index >= 15 is 0 Å². The number of aldehydes is 2. The molecule has 10 heavy (non-hydrogen) atoms. The molecule has 0 spiro atoms. The molecular formula is C7H7NO2. The molecule has 0 saturated carbocycles. The van der Waals surface area contributed by atoms with Gasteiger partial charge in [-0.2, -0.15) is 0 Å². The van der Waals surface area contributed by atoms with Crippen molar-refractivity contribution in [3.8, 4) is 0 Å². The van der Waals surface area contributed by atoms with E-state index in [4.69, 9.17) is 0 Å². The first-order valence-electron chi connectivity index (χ1n) is 2.92. The smallest absolute Gasteiger partial charge is 0.166 e. The lowest BCUT2D eigenvalue weighted by atomic mass is 10.5. The largest absolute Gasteiger partial charge is 0.338 e. The van der Waals surface area contributed by atoms with Gasteiger partial charge in [0, 0.05) is 6.20 Å². The zero-order valence-corrected chi connectivity index (χ0v) is 5.36. The Bertz CT molecular complexity index is 240. The quantitative estimate of drug-likeness (QED) is 0.569. The molecule has 1 aromatic rings. The molecule has 0 atom stereocenters. The number of aromatic nitrogens is 1. The second kappa shape index (κ2) is 2.96. The van der Waals surface area contributed by atoms with Gasteiger partial charge in [0.15, 0.2) is 6.29 Å². The predicted octanol–water partition coefficient (Wildman–Crippen LogP) is 0.500. The maximum Gasteiger partial charge on any atom is 0.166 e. The van der Waals surface area contributed by atoms with E-state index < -0.39 is 0 Å². The fourth-order valence-corrected chi connectivity index (χ4v) is 0.781. The molecule has 0 fully saturated rings. The Morgan fingerprint density at radius 3 is 2.90 bits per heavy atom. The van der Waals surface area contributed by atoms with Crippen molar-refractivity contribution in [1.29, 1.82) is 0 Å². The lowest BCUT2D eigenvalue weighted by Gasteiger charge is -1.95. The Morgan fingerprint density at radius 1 is 1.50 bits per heavy atom. The minimum absolute atomic E-state index is 0.251. The minimum atomic E-state index is 0.251. The first kappa shape index (κ1) is 6.74. The molecule has 0 aliphatic rings. The molecular weight excluding hydrogens is 130 g/mol. The van der Waals surface area contributed by atoms with Crippen molar-refractivity contribution in [3.05, 3.63) is 24.0 Å². The van der Waals surface area contributed by atoms with Crippen molar-refractivity contribution in [3.63, 3.8) is 0 Å². The van der Waals surface area contributed by atoms with Gasteiger partial charge in [-0.05, 0) is 12.1 Å². The van der Waals surface area contributed by atoms with Crippen molar-refractivity contribution >= 4 is 12.6 Å². The number of nitrogens with zero attached hydrogens (tertiary/aromatic N) is 1. The van der Waals surface area contributed by atoms with Gasteiger partial charge in [-0.1, -0.05) is 0 Å². The second-order valence-corrected chi connectivity index (χ2v) is 1.87. The molecule has 3 heteroatoms. The molecule has 1 heterocycles. The van der Waals surface area contributed by atoms with Gasteiger partial charge in [-0.3, -0.25) is 4.79 Å². The van der Waals surface area contributed by atoms with Crippen molar-refractivity contribution in [2.45, 2.75) is 6.54 Å². The first-order chi connectivity index (χ1) is 4.88. The van der Waals surface area contributed by atoms with E-state index in [-0.39, 0.29) is 6.54 Å². The van der Waals surface area contributed by atoms with Gasteiger partial charge in [0.25, 0.3) is 0 Å². The van der Waals surface area contributed by atoms with E-state index in [1.54, 1.807) is 22.9 Å². The number of rotatable bonds is 3. The Morgan fingerprint density at radius 2 is 2.30 bits per heavy atom. The van der Waals surface area contributed by atoms with E-state index in [2.05, 4.69) is 0 Å². The van der Waals surface area contributed by atoms with Crippen molar-refractivity contribution in [2.75, 3.05) is 0 Å². The summed E-state index contributed by atoms with van der Waals surface area (Å²) in [5, 5.41) is 0. The van der Waals surface area contributed by atoms with E-state index in [9.17, 15) is 9.59 Å². The average Bonchev–Trinajstić information content (AvgIpc) is 2.36. The van der Waals surface area contributed by atoms with Crippen LogP contribution in [0.25, 0.3) is 0 Å². The van der Waals surface area contributed by atoms with Crippen molar-refractivity contribution in [1.82, 2.24) is 4.57 Å². The van der Waals surface area contributed by atoms with Crippen LogP contribution in [-0.4, -0.2) is 17.1 Å². The van der Waals surface area contributed by atoms with E-state index in [0.717, 1.165) is 12.6 Å². The summed E-state index contributed by atoms with van der Waals surface area (Å²) in [5.41, 5.74) is 0.534. The molecule has 1 rings (SSSR count). The average molecular weight is 137 g/mol. The first-order valence-corrected chi connectivity index (χ1v) is 2.92. The van der Waals surface area contributed by atoms with Crippen LogP contribution in [0.3, 0.4) is 0 Å². The lowest BCUT2D eigenvalue weighted by Crippen LogP contribution is -2.00. The summed E-state index contributed by atoms with van der Waals surface area (Å²) in [4.78, 5) is 20.2. The van der Waals surface area contributed by atoms with Gasteiger partial charge in [0.1, 0.15) is 6.29 Å². The fourth-order valence-electron chi connectivity index (χ4n) is 0.781. The van der Waals surface area contributed by atoms with Crippen LogP contribution in [0.5, 0.6) is 0 Å². The number of hydrogen-bond acceptors (Lipinski definition) is 2. The third-order valence-corrected chi connectivity index (χ3v) is 1.26. The molecule has 0 radical (unpaired) electrons. The zero-order valence-electron chi connectivity index (χ0n) is 5.36. The van der Waals surface area contributed by atoms with Gasteiger partial charge in [0.05, 0.1) is 12.2 Å². The maximum absolute atomic E-state index is 10.2. The standard InChI is InChI=1S/C7H7NO2/c9-5-4-8-3-1-2-7(8)6-10/h1-3,5-6H,4H2. The molecule has 0 saturated heterocycles. The number of carbonyl (C=O) groups is 2. The third-order valence-electron chi connectivity index (χ3n) is 1.26. The molecule has 0 bridgehead atoms. The summed E-state index contributed by atoms with van der Waals surface area (Å²) < 4.78 is 1.58. The minimum Gasteiger partial charge on any atom is -0.338 e. The topological polar surface area (TPSA) is 39.1 Å². The van der Waals surface area contributed by atoms with Crippen LogP contribution in [0.1, 0.15) is 10.5 Å². The Hall–Kier alpha value is -1.38. The van der Waals surface area contributed by atoms with E-state index in [1.165, 1.54) is 0 Å². The molecule has 0 aliphatic heterocycles. The van der Waals surface area contributed by atoms with Crippen LogP contribution in [0, 0.1) is 0 Å². The van der Waals surface area contributed by atoms with Gasteiger partial charge >= 0.3 is 0 Å². The summed E-state index contributed by atoms with van der Waals surface area (Å²) in [6, 6.07) is 3.39. The Balaban J connectivity index is 2.89. The van der Waals surface area contributed by atoms with Crippen LogP contribution in [-0.2, 0) is 11.3 Å². The number of carbonyl (C=O) groups excluding carboxylic acids is 2. The van der Waals surface area contributed by atoms with Gasteiger partial charge in [-0.25, -0.2) is 0 Å². The van der Waals surface area contributed by atoms with Crippen LogP contribution < -0.4 is 0 Å². The molecule has 0 unspecified atom stereocenters. The molecule has 0 aliphatic carbocycles. The summed E-state index contributed by atoms with van der Waals surface area (Å²) in [6.45, 7) is 0.251. The van der Waals surface area contributed by atoms with Crippen LogP contribution in [0.4, 0.5) is 0 Å². The Labute approximate surface area is 58.3 Å². The Kier molecular flexibility index (Phi) is 1.99. The monoisotopic (exact) mass is 137 g/mol. The van der Waals surface area contributed by atoms with E-state index in [1.807, 2.05) is 0 Å². The molecule has 0 amide bonds. The SMILES string of the molecule is O=CCn1cccc1C=O. The lowest BCUT2D eigenvalue weighted by molar-refractivity contribution is -0.108. The van der Waals surface area contributed by atoms with Gasteiger partial charge < -0.3 is 9.36 Å². The normalized spacial score (nSPS) is 9.20. The summed E-state index contributed by atoms with van der Waals surface area (Å²) in [5.74, 6) is 0. The highest BCUT2D eigenvalue weighted by molar-refractivity contribution is 5.72. The van der Waals surface area contributed by atoms with Gasteiger partial charge in [-0.15, -0.1) is 0 Å². The summed E-state index contributed by atoms with van der Waals surface area (Å²) in [6.07, 6.45) is 3.18. The molecule has 3 nitrogen and oxygen atoms in total. The van der Waals surface area contributed by atoms with Crippen molar-refractivity contribution < 1.29 is 9.59 Å². The van der Waals surface area contributed by atoms with Crippen LogP contribution >= 0.6 is 0 Å². The number of hydrogen-bond donors (Lipinski definition) is 0. The van der Waals surface area contributed by atoms with E-state index in [0.29, 0.717) is 5.69 Å². The van der Waals surface area contributed by atoms with Gasteiger partial charge in [0.2, 0.25) is 0 Å². The molecule has 0 aromatic carbocycles. The second-order valence-electron chi connectivity index (χ2n) is 1.87. The molecule has 1 aromatic heterocycles. The highest BCUT2D eigenvalue weighted by Gasteiger charge is 1.95. The van der Waals surface area contributed by atoms with Crippen molar-refractivity contribution in [2.24, 2.45) is 0 Å². The predicted molar refractivity (Wildman–Crippen MR) is 35.9 cm³/mol.